The number of carbonyl (C=O) groups excluding carboxylic acids is 1. The molecule has 2 atom stereocenters. The first-order valence-corrected chi connectivity index (χ1v) is 7.74. The molecule has 2 unspecified atom stereocenters. The number of piperazine rings is 1. The van der Waals surface area contributed by atoms with Crippen molar-refractivity contribution in [3.8, 4) is 0 Å². The highest BCUT2D eigenvalue weighted by atomic mass is 79.9. The van der Waals surface area contributed by atoms with Crippen molar-refractivity contribution in [1.82, 2.24) is 4.90 Å². The standard InChI is InChI=1S/C15H19BrN2O/c1-11-8-17-6-2-3-13(17)9-18(11)15-5-4-12(10-19)7-14(15)16/h4-5,7,10-11,13H,2-3,6,8-9H2,1H3. The third-order valence-corrected chi connectivity index (χ3v) is 4.99. The summed E-state index contributed by atoms with van der Waals surface area (Å²) in [5.74, 6) is 0. The van der Waals surface area contributed by atoms with Crippen LogP contribution in [-0.2, 0) is 0 Å². The summed E-state index contributed by atoms with van der Waals surface area (Å²) >= 11 is 3.61. The average molecular weight is 323 g/mol. The number of halogens is 1. The molecule has 2 aliphatic rings. The van der Waals surface area contributed by atoms with E-state index < -0.39 is 0 Å². The Balaban J connectivity index is 1.86. The van der Waals surface area contributed by atoms with Crippen molar-refractivity contribution in [2.24, 2.45) is 0 Å². The summed E-state index contributed by atoms with van der Waals surface area (Å²) < 4.78 is 1.02. The van der Waals surface area contributed by atoms with E-state index in [2.05, 4.69) is 38.7 Å². The smallest absolute Gasteiger partial charge is 0.150 e. The van der Waals surface area contributed by atoms with Crippen LogP contribution in [-0.4, -0.2) is 42.9 Å². The van der Waals surface area contributed by atoms with Crippen molar-refractivity contribution >= 4 is 27.9 Å². The molecule has 0 radical (unpaired) electrons. The quantitative estimate of drug-likeness (QED) is 0.782. The van der Waals surface area contributed by atoms with Crippen molar-refractivity contribution in [3.05, 3.63) is 28.2 Å². The van der Waals surface area contributed by atoms with Crippen molar-refractivity contribution in [1.29, 1.82) is 0 Å². The minimum Gasteiger partial charge on any atom is -0.365 e. The van der Waals surface area contributed by atoms with Crippen LogP contribution >= 0.6 is 15.9 Å². The van der Waals surface area contributed by atoms with Crippen LogP contribution in [0.4, 0.5) is 5.69 Å². The molecule has 0 saturated carbocycles. The van der Waals surface area contributed by atoms with Crippen molar-refractivity contribution in [2.45, 2.75) is 31.8 Å². The van der Waals surface area contributed by atoms with Crippen molar-refractivity contribution in [2.75, 3.05) is 24.5 Å². The van der Waals surface area contributed by atoms with Gasteiger partial charge in [0.15, 0.2) is 0 Å². The van der Waals surface area contributed by atoms with Crippen LogP contribution < -0.4 is 4.90 Å². The molecule has 4 heteroatoms. The van der Waals surface area contributed by atoms with Gasteiger partial charge in [0.25, 0.3) is 0 Å². The third-order valence-electron chi connectivity index (χ3n) is 4.35. The zero-order valence-electron chi connectivity index (χ0n) is 11.2. The van der Waals surface area contributed by atoms with Gasteiger partial charge < -0.3 is 4.90 Å². The van der Waals surface area contributed by atoms with Gasteiger partial charge >= 0.3 is 0 Å². The maximum absolute atomic E-state index is 10.8. The Morgan fingerprint density at radius 1 is 1.37 bits per heavy atom. The summed E-state index contributed by atoms with van der Waals surface area (Å²) in [6, 6.07) is 7.10. The minimum atomic E-state index is 0.521. The molecule has 19 heavy (non-hydrogen) atoms. The van der Waals surface area contributed by atoms with Gasteiger partial charge in [-0.1, -0.05) is 0 Å². The second-order valence-electron chi connectivity index (χ2n) is 5.62. The van der Waals surface area contributed by atoms with Crippen LogP contribution in [0, 0.1) is 0 Å². The summed E-state index contributed by atoms with van der Waals surface area (Å²) in [6.07, 6.45) is 3.54. The van der Waals surface area contributed by atoms with Crippen LogP contribution in [0.2, 0.25) is 0 Å². The lowest BCUT2D eigenvalue weighted by molar-refractivity contribution is 0.112. The maximum Gasteiger partial charge on any atom is 0.150 e. The number of benzene rings is 1. The van der Waals surface area contributed by atoms with Gasteiger partial charge in [0.1, 0.15) is 6.29 Å². The van der Waals surface area contributed by atoms with Crippen LogP contribution in [0.15, 0.2) is 22.7 Å². The van der Waals surface area contributed by atoms with Crippen molar-refractivity contribution in [3.63, 3.8) is 0 Å². The van der Waals surface area contributed by atoms with Gasteiger partial charge in [-0.3, -0.25) is 9.69 Å². The highest BCUT2D eigenvalue weighted by Crippen LogP contribution is 2.33. The second kappa shape index (κ2) is 5.25. The molecule has 2 heterocycles. The average Bonchev–Trinajstić information content (AvgIpc) is 2.85. The Bertz CT molecular complexity index is 491. The summed E-state index contributed by atoms with van der Waals surface area (Å²) in [5, 5.41) is 0. The Hall–Kier alpha value is -0.870. The van der Waals surface area contributed by atoms with Crippen molar-refractivity contribution < 1.29 is 4.79 Å². The second-order valence-corrected chi connectivity index (χ2v) is 6.48. The topological polar surface area (TPSA) is 23.6 Å². The number of nitrogens with zero attached hydrogens (tertiary/aromatic N) is 2. The molecule has 1 aromatic rings. The summed E-state index contributed by atoms with van der Waals surface area (Å²) in [4.78, 5) is 15.9. The van der Waals surface area contributed by atoms with E-state index in [1.807, 2.05) is 12.1 Å². The fraction of sp³-hybridized carbons (Fsp3) is 0.533. The van der Waals surface area contributed by atoms with Crippen LogP contribution in [0.1, 0.15) is 30.1 Å². The lowest BCUT2D eigenvalue weighted by Gasteiger charge is -2.44. The van der Waals surface area contributed by atoms with Crippen LogP contribution in [0.3, 0.4) is 0 Å². The zero-order valence-corrected chi connectivity index (χ0v) is 12.8. The molecule has 2 saturated heterocycles. The third kappa shape index (κ3) is 2.43. The fourth-order valence-corrected chi connectivity index (χ4v) is 3.98. The van der Waals surface area contributed by atoms with E-state index in [1.165, 1.54) is 25.1 Å². The van der Waals surface area contributed by atoms with E-state index in [-0.39, 0.29) is 0 Å². The molecule has 1 aromatic carbocycles. The van der Waals surface area contributed by atoms with E-state index in [9.17, 15) is 4.79 Å². The number of aldehydes is 1. The maximum atomic E-state index is 10.8. The molecule has 0 aromatic heterocycles. The van der Waals surface area contributed by atoms with Crippen LogP contribution in [0.25, 0.3) is 0 Å². The number of fused-ring (bicyclic) bond motifs is 1. The molecule has 3 nitrogen and oxygen atoms in total. The predicted molar refractivity (Wildman–Crippen MR) is 80.9 cm³/mol. The minimum absolute atomic E-state index is 0.521. The summed E-state index contributed by atoms with van der Waals surface area (Å²) in [5.41, 5.74) is 1.94. The van der Waals surface area contributed by atoms with E-state index >= 15 is 0 Å². The molecule has 0 bridgehead atoms. The number of anilines is 1. The number of hydrogen-bond acceptors (Lipinski definition) is 3. The van der Waals surface area contributed by atoms with Crippen LogP contribution in [0.5, 0.6) is 0 Å². The van der Waals surface area contributed by atoms with Gasteiger partial charge in [-0.2, -0.15) is 0 Å². The lowest BCUT2D eigenvalue weighted by Crippen LogP contribution is -2.55. The Kier molecular flexibility index (Phi) is 3.63. The van der Waals surface area contributed by atoms with E-state index in [0.717, 1.165) is 29.4 Å². The Morgan fingerprint density at radius 2 is 2.21 bits per heavy atom. The lowest BCUT2D eigenvalue weighted by atomic mass is 10.1. The van der Waals surface area contributed by atoms with E-state index in [4.69, 9.17) is 0 Å². The SMILES string of the molecule is CC1CN2CCCC2CN1c1ccc(C=O)cc1Br. The first-order valence-electron chi connectivity index (χ1n) is 6.94. The molecular formula is C15H19BrN2O. The van der Waals surface area contributed by atoms with Gasteiger partial charge in [0.05, 0.1) is 5.69 Å². The molecule has 0 spiro atoms. The molecule has 0 amide bonds. The molecule has 0 N–H and O–H groups in total. The molecule has 0 aliphatic carbocycles. The van der Waals surface area contributed by atoms with Gasteiger partial charge in [-0.05, 0) is 60.4 Å². The zero-order chi connectivity index (χ0) is 13.4. The van der Waals surface area contributed by atoms with Gasteiger partial charge in [0, 0.05) is 35.2 Å². The highest BCUT2D eigenvalue weighted by Gasteiger charge is 2.34. The number of hydrogen-bond donors (Lipinski definition) is 0. The van der Waals surface area contributed by atoms with E-state index in [1.54, 1.807) is 0 Å². The fourth-order valence-electron chi connectivity index (χ4n) is 3.35. The first kappa shape index (κ1) is 13.1. The predicted octanol–water partition coefficient (Wildman–Crippen LogP) is 2.93. The molecule has 2 aliphatic heterocycles. The normalized spacial score (nSPS) is 27.4. The number of rotatable bonds is 2. The van der Waals surface area contributed by atoms with Gasteiger partial charge in [-0.15, -0.1) is 0 Å². The van der Waals surface area contributed by atoms with Gasteiger partial charge in [-0.25, -0.2) is 0 Å². The Morgan fingerprint density at radius 3 is 2.95 bits per heavy atom. The number of carbonyl (C=O) groups is 1. The summed E-state index contributed by atoms with van der Waals surface area (Å²) in [7, 11) is 0. The molecular weight excluding hydrogens is 304 g/mol. The Labute approximate surface area is 122 Å². The molecule has 2 fully saturated rings. The largest absolute Gasteiger partial charge is 0.365 e. The monoisotopic (exact) mass is 322 g/mol. The summed E-state index contributed by atoms with van der Waals surface area (Å²) in [6.45, 7) is 5.79. The van der Waals surface area contributed by atoms with Gasteiger partial charge in [0.2, 0.25) is 0 Å². The molecule has 3 rings (SSSR count). The molecule has 102 valence electrons. The first-order chi connectivity index (χ1) is 9.19. The van der Waals surface area contributed by atoms with E-state index in [0.29, 0.717) is 12.1 Å². The highest BCUT2D eigenvalue weighted by molar-refractivity contribution is 9.10.